The van der Waals surface area contributed by atoms with Crippen LogP contribution in [0.15, 0.2) is 48.5 Å². The third kappa shape index (κ3) is 10.4. The van der Waals surface area contributed by atoms with E-state index < -0.39 is 12.3 Å². The number of thioether (sulfide) groups is 1. The van der Waals surface area contributed by atoms with Crippen molar-refractivity contribution < 1.29 is 34.4 Å². The molecule has 1 aliphatic heterocycles. The number of amides is 1. The van der Waals surface area contributed by atoms with Crippen LogP contribution in [0, 0.1) is 0 Å². The number of carboxylic acid groups (broad SMARTS) is 1. The zero-order chi connectivity index (χ0) is 27.2. The van der Waals surface area contributed by atoms with Crippen LogP contribution >= 0.6 is 11.8 Å². The Morgan fingerprint density at radius 1 is 0.868 bits per heavy atom. The van der Waals surface area contributed by atoms with Crippen LogP contribution in [0.2, 0.25) is 0 Å². The quantitative estimate of drug-likeness (QED) is 0.227. The summed E-state index contributed by atoms with van der Waals surface area (Å²) in [7, 11) is 0. The predicted octanol–water partition coefficient (Wildman–Crippen LogP) is 4.49. The van der Waals surface area contributed by atoms with Gasteiger partial charge in [-0.05, 0) is 29.5 Å². The average molecular weight is 546 g/mol. The molecule has 0 bridgehead atoms. The largest absolute Gasteiger partial charge is 0.481 e. The summed E-state index contributed by atoms with van der Waals surface area (Å²) < 4.78 is 12.6. The Hall–Kier alpha value is -2.43. The number of ether oxygens (including phenoxy) is 2. The molecule has 1 amide bonds. The average Bonchev–Trinajstić information content (AvgIpc) is 2.94. The number of benzene rings is 2. The van der Waals surface area contributed by atoms with E-state index in [1.807, 2.05) is 48.5 Å². The van der Waals surface area contributed by atoms with Crippen molar-refractivity contribution in [1.82, 2.24) is 5.32 Å². The van der Waals surface area contributed by atoms with E-state index >= 15 is 0 Å². The molecular formula is C29H39NO7S. The highest BCUT2D eigenvalue weighted by molar-refractivity contribution is 7.99. The molecule has 0 radical (unpaired) electrons. The number of unbranched alkanes of at least 4 members (excludes halogenated alkanes) is 3. The fourth-order valence-electron chi connectivity index (χ4n) is 4.30. The molecule has 2 aromatic rings. The Kier molecular flexibility index (Phi) is 13.1. The molecule has 0 saturated carbocycles. The lowest BCUT2D eigenvalue weighted by molar-refractivity contribution is -0.245. The predicted molar refractivity (Wildman–Crippen MR) is 146 cm³/mol. The monoisotopic (exact) mass is 545 g/mol. The van der Waals surface area contributed by atoms with E-state index in [0.717, 1.165) is 47.3 Å². The van der Waals surface area contributed by atoms with Gasteiger partial charge in [0.05, 0.1) is 25.4 Å². The van der Waals surface area contributed by atoms with E-state index in [9.17, 15) is 14.7 Å². The van der Waals surface area contributed by atoms with Gasteiger partial charge in [-0.2, -0.15) is 11.8 Å². The summed E-state index contributed by atoms with van der Waals surface area (Å²) >= 11 is 1.65. The summed E-state index contributed by atoms with van der Waals surface area (Å²) in [5.41, 5.74) is 3.76. The molecule has 0 spiro atoms. The Morgan fingerprint density at radius 3 is 2.18 bits per heavy atom. The van der Waals surface area contributed by atoms with Gasteiger partial charge in [-0.15, -0.1) is 0 Å². The maximum Gasteiger partial charge on any atom is 0.303 e. The summed E-state index contributed by atoms with van der Waals surface area (Å²) in [5.74, 6) is 0.631. The lowest BCUT2D eigenvalue weighted by Crippen LogP contribution is -2.31. The van der Waals surface area contributed by atoms with Crippen LogP contribution in [-0.4, -0.2) is 51.4 Å². The van der Waals surface area contributed by atoms with Gasteiger partial charge in [0.2, 0.25) is 5.91 Å². The summed E-state index contributed by atoms with van der Waals surface area (Å²) in [5, 5.41) is 30.1. The minimum Gasteiger partial charge on any atom is -0.481 e. The third-order valence-electron chi connectivity index (χ3n) is 6.44. The van der Waals surface area contributed by atoms with Crippen LogP contribution in [-0.2, 0) is 32.2 Å². The Labute approximate surface area is 228 Å². The van der Waals surface area contributed by atoms with Gasteiger partial charge in [0.1, 0.15) is 0 Å². The van der Waals surface area contributed by atoms with Gasteiger partial charge in [0.15, 0.2) is 6.29 Å². The van der Waals surface area contributed by atoms with Gasteiger partial charge in [-0.25, -0.2) is 0 Å². The van der Waals surface area contributed by atoms with Crippen molar-refractivity contribution in [2.45, 2.75) is 76.6 Å². The molecule has 3 unspecified atom stereocenters. The highest BCUT2D eigenvalue weighted by Gasteiger charge is 2.32. The molecule has 1 aliphatic rings. The number of aliphatic carboxylic acids is 1. The molecule has 3 atom stereocenters. The summed E-state index contributed by atoms with van der Waals surface area (Å²) in [6, 6.07) is 15.6. The minimum absolute atomic E-state index is 0.000629. The van der Waals surface area contributed by atoms with Crippen LogP contribution in [0.1, 0.15) is 79.6 Å². The number of carbonyl (C=O) groups is 2. The molecule has 0 aromatic heterocycles. The Balaban J connectivity index is 1.52. The molecule has 1 saturated heterocycles. The first-order chi connectivity index (χ1) is 18.5. The van der Waals surface area contributed by atoms with Crippen molar-refractivity contribution >= 4 is 23.6 Å². The number of carbonyl (C=O) groups excluding carboxylic acids is 1. The maximum atomic E-state index is 12.2. The number of carboxylic acids is 1. The fraction of sp³-hybridized carbons (Fsp3) is 0.517. The number of aliphatic hydroxyl groups is 2. The first-order valence-electron chi connectivity index (χ1n) is 13.2. The van der Waals surface area contributed by atoms with E-state index in [0.29, 0.717) is 31.6 Å². The second-order valence-electron chi connectivity index (χ2n) is 9.47. The highest BCUT2D eigenvalue weighted by Crippen LogP contribution is 2.38. The smallest absolute Gasteiger partial charge is 0.303 e. The van der Waals surface area contributed by atoms with Crippen LogP contribution in [0.25, 0.3) is 0 Å². The standard InChI is InChI=1S/C29H39NO7S/c31-15-16-38-20-25-17-26(23-11-9-22(19-32)10-12-23)37-29(36-25)24-13-7-21(8-14-24)18-30-27(33)5-3-1-2-4-6-28(34)35/h7-14,25-26,29,31-32H,1-6,15-20H2,(H,30,33)(H,34,35). The van der Waals surface area contributed by atoms with Gasteiger partial charge in [0, 0.05) is 42.9 Å². The highest BCUT2D eigenvalue weighted by atomic mass is 32.2. The first-order valence-corrected chi connectivity index (χ1v) is 14.4. The second-order valence-corrected chi connectivity index (χ2v) is 10.6. The number of rotatable bonds is 16. The molecular weight excluding hydrogens is 506 g/mol. The van der Waals surface area contributed by atoms with Gasteiger partial charge >= 0.3 is 5.97 Å². The van der Waals surface area contributed by atoms with Gasteiger partial charge in [-0.3, -0.25) is 9.59 Å². The molecule has 4 N–H and O–H groups in total. The lowest BCUT2D eigenvalue weighted by Gasteiger charge is -2.36. The molecule has 8 nitrogen and oxygen atoms in total. The SMILES string of the molecule is O=C(O)CCCCCCC(=O)NCc1ccc(C2OC(CSCCO)CC(c3ccc(CO)cc3)O2)cc1. The zero-order valence-electron chi connectivity index (χ0n) is 21.7. The molecule has 208 valence electrons. The molecule has 38 heavy (non-hydrogen) atoms. The number of hydrogen-bond acceptors (Lipinski definition) is 7. The summed E-state index contributed by atoms with van der Waals surface area (Å²) in [6.07, 6.45) is 3.68. The van der Waals surface area contributed by atoms with Crippen LogP contribution in [0.4, 0.5) is 0 Å². The molecule has 3 rings (SSSR count). The van der Waals surface area contributed by atoms with E-state index in [2.05, 4.69) is 5.32 Å². The van der Waals surface area contributed by atoms with E-state index in [-0.39, 0.29) is 37.7 Å². The molecule has 2 aromatic carbocycles. The van der Waals surface area contributed by atoms with E-state index in [4.69, 9.17) is 19.7 Å². The maximum absolute atomic E-state index is 12.2. The van der Waals surface area contributed by atoms with Crippen LogP contribution in [0.5, 0.6) is 0 Å². The lowest BCUT2D eigenvalue weighted by atomic mass is 10.0. The van der Waals surface area contributed by atoms with Crippen molar-refractivity contribution in [3.05, 3.63) is 70.8 Å². The van der Waals surface area contributed by atoms with Crippen molar-refractivity contribution in [2.75, 3.05) is 18.1 Å². The van der Waals surface area contributed by atoms with Gasteiger partial charge in [-0.1, -0.05) is 61.4 Å². The summed E-state index contributed by atoms with van der Waals surface area (Å²) in [6.45, 7) is 0.568. The zero-order valence-corrected chi connectivity index (χ0v) is 22.5. The summed E-state index contributed by atoms with van der Waals surface area (Å²) in [4.78, 5) is 22.7. The molecule has 1 fully saturated rings. The van der Waals surface area contributed by atoms with Crippen molar-refractivity contribution in [1.29, 1.82) is 0 Å². The van der Waals surface area contributed by atoms with Crippen molar-refractivity contribution in [2.24, 2.45) is 0 Å². The molecule has 0 aliphatic carbocycles. The normalized spacial score (nSPS) is 19.3. The number of aliphatic hydroxyl groups excluding tert-OH is 2. The van der Waals surface area contributed by atoms with E-state index in [1.54, 1.807) is 11.8 Å². The van der Waals surface area contributed by atoms with Crippen LogP contribution in [0.3, 0.4) is 0 Å². The molecule has 1 heterocycles. The fourth-order valence-corrected chi connectivity index (χ4v) is 5.07. The van der Waals surface area contributed by atoms with Crippen LogP contribution < -0.4 is 5.32 Å². The minimum atomic E-state index is -0.777. The van der Waals surface area contributed by atoms with E-state index in [1.165, 1.54) is 0 Å². The van der Waals surface area contributed by atoms with Gasteiger partial charge < -0.3 is 30.1 Å². The Bertz CT molecular complexity index is 983. The second kappa shape index (κ2) is 16.5. The molecule has 9 heteroatoms. The van der Waals surface area contributed by atoms with Crippen molar-refractivity contribution in [3.63, 3.8) is 0 Å². The van der Waals surface area contributed by atoms with Gasteiger partial charge in [0.25, 0.3) is 0 Å². The number of nitrogens with one attached hydrogen (secondary N) is 1. The topological polar surface area (TPSA) is 125 Å². The first kappa shape index (κ1) is 30.1. The van der Waals surface area contributed by atoms with Crippen molar-refractivity contribution in [3.8, 4) is 0 Å². The Morgan fingerprint density at radius 2 is 1.53 bits per heavy atom. The third-order valence-corrected chi connectivity index (χ3v) is 7.52. The number of hydrogen-bond donors (Lipinski definition) is 4.